The average Bonchev–Trinajstić information content (AvgIpc) is 2.35. The highest BCUT2D eigenvalue weighted by atomic mass is 35.5. The minimum atomic E-state index is 0.706. The van der Waals surface area contributed by atoms with E-state index in [2.05, 4.69) is 37.2 Å². The Morgan fingerprint density at radius 3 is 2.47 bits per heavy atom. The second-order valence-corrected chi connectivity index (χ2v) is 6.45. The summed E-state index contributed by atoms with van der Waals surface area (Å²) in [6.45, 7) is 0.904. The van der Waals surface area contributed by atoms with E-state index in [1.165, 1.54) is 10.5 Å². The first kappa shape index (κ1) is 14.7. The van der Waals surface area contributed by atoms with Gasteiger partial charge in [-0.15, -0.1) is 0 Å². The molecule has 0 spiro atoms. The Morgan fingerprint density at radius 1 is 1.00 bits per heavy atom. The van der Waals surface area contributed by atoms with E-state index in [0.717, 1.165) is 16.5 Å². The van der Waals surface area contributed by atoms with E-state index < -0.39 is 0 Å². The molecule has 0 aromatic heterocycles. The van der Waals surface area contributed by atoms with Gasteiger partial charge in [0.25, 0.3) is 0 Å². The molecule has 0 unspecified atom stereocenters. The number of rotatable bonds is 4. The van der Waals surface area contributed by atoms with E-state index in [1.807, 2.05) is 18.2 Å². The Bertz CT molecular complexity index is 570. The van der Waals surface area contributed by atoms with Crippen molar-refractivity contribution in [2.45, 2.75) is 16.3 Å². The number of benzene rings is 2. The van der Waals surface area contributed by atoms with Crippen molar-refractivity contribution in [1.29, 1.82) is 0 Å². The summed E-state index contributed by atoms with van der Waals surface area (Å²) in [7, 11) is 4.13. The van der Waals surface area contributed by atoms with Crippen molar-refractivity contribution in [3.63, 3.8) is 0 Å². The van der Waals surface area contributed by atoms with Gasteiger partial charge < -0.3 is 4.90 Å². The Hall–Kier alpha value is -0.670. The molecule has 0 fully saturated rings. The molecule has 2 aromatic rings. The lowest BCUT2D eigenvalue weighted by Gasteiger charge is -2.14. The topological polar surface area (TPSA) is 3.24 Å². The largest absolute Gasteiger partial charge is 0.305 e. The van der Waals surface area contributed by atoms with E-state index in [0.29, 0.717) is 5.02 Å². The Morgan fingerprint density at radius 2 is 1.74 bits per heavy atom. The normalized spacial score (nSPS) is 11.0. The first-order valence-corrected chi connectivity index (χ1v) is 7.49. The summed E-state index contributed by atoms with van der Waals surface area (Å²) >= 11 is 13.9. The van der Waals surface area contributed by atoms with Crippen molar-refractivity contribution in [3.8, 4) is 0 Å². The molecule has 4 heteroatoms. The molecular formula is C15H15Cl2NS. The standard InChI is InChI=1S/C15H15Cl2NS/c1-18(2)10-11-5-3-4-6-14(11)19-15-9-12(16)7-8-13(15)17/h3-9H,10H2,1-2H3. The van der Waals surface area contributed by atoms with Crippen molar-refractivity contribution in [1.82, 2.24) is 4.90 Å². The van der Waals surface area contributed by atoms with E-state index in [4.69, 9.17) is 23.2 Å². The lowest BCUT2D eigenvalue weighted by atomic mass is 10.2. The van der Waals surface area contributed by atoms with Crippen molar-refractivity contribution in [2.75, 3.05) is 14.1 Å². The SMILES string of the molecule is CN(C)Cc1ccccc1Sc1cc(Cl)ccc1Cl. The molecule has 1 nitrogen and oxygen atoms in total. The van der Waals surface area contributed by atoms with Gasteiger partial charge in [-0.3, -0.25) is 0 Å². The van der Waals surface area contributed by atoms with E-state index in [9.17, 15) is 0 Å². The van der Waals surface area contributed by atoms with Crippen LogP contribution in [0, 0.1) is 0 Å². The zero-order valence-corrected chi connectivity index (χ0v) is 13.2. The Labute approximate surface area is 128 Å². The van der Waals surface area contributed by atoms with Crippen LogP contribution in [-0.2, 0) is 6.54 Å². The molecule has 0 amide bonds. The molecule has 0 radical (unpaired) electrons. The molecule has 0 aliphatic rings. The maximum absolute atomic E-state index is 6.21. The fourth-order valence-corrected chi connectivity index (χ4v) is 3.22. The van der Waals surface area contributed by atoms with Gasteiger partial charge in [0, 0.05) is 21.4 Å². The third-order valence-electron chi connectivity index (χ3n) is 2.57. The zero-order chi connectivity index (χ0) is 13.8. The zero-order valence-electron chi connectivity index (χ0n) is 10.9. The lowest BCUT2D eigenvalue weighted by Crippen LogP contribution is -2.11. The molecule has 0 saturated carbocycles. The fourth-order valence-electron chi connectivity index (χ4n) is 1.75. The Balaban J connectivity index is 2.30. The van der Waals surface area contributed by atoms with Crippen molar-refractivity contribution < 1.29 is 0 Å². The van der Waals surface area contributed by atoms with Crippen LogP contribution in [-0.4, -0.2) is 19.0 Å². The summed E-state index contributed by atoms with van der Waals surface area (Å²) < 4.78 is 0. The third kappa shape index (κ3) is 4.15. The van der Waals surface area contributed by atoms with Gasteiger partial charge in [0.05, 0.1) is 5.02 Å². The van der Waals surface area contributed by atoms with Gasteiger partial charge in [-0.1, -0.05) is 53.2 Å². The molecule has 0 bridgehead atoms. The summed E-state index contributed by atoms with van der Waals surface area (Å²) in [5, 5.41) is 1.44. The van der Waals surface area contributed by atoms with Crippen LogP contribution in [0.3, 0.4) is 0 Å². The monoisotopic (exact) mass is 311 g/mol. The Kier molecular flexibility index (Phi) is 5.17. The van der Waals surface area contributed by atoms with Crippen LogP contribution in [0.15, 0.2) is 52.3 Å². The summed E-state index contributed by atoms with van der Waals surface area (Å²) in [6.07, 6.45) is 0. The molecule has 0 aliphatic carbocycles. The molecule has 2 rings (SSSR count). The predicted molar refractivity (Wildman–Crippen MR) is 84.4 cm³/mol. The number of hydrogen-bond acceptors (Lipinski definition) is 2. The maximum atomic E-state index is 6.21. The average molecular weight is 312 g/mol. The van der Waals surface area contributed by atoms with Crippen molar-refractivity contribution >= 4 is 35.0 Å². The van der Waals surface area contributed by atoms with Gasteiger partial charge in [-0.05, 0) is 43.9 Å². The van der Waals surface area contributed by atoms with Crippen LogP contribution < -0.4 is 0 Å². The van der Waals surface area contributed by atoms with Gasteiger partial charge in [0.1, 0.15) is 0 Å². The lowest BCUT2D eigenvalue weighted by molar-refractivity contribution is 0.399. The molecular weight excluding hydrogens is 297 g/mol. The summed E-state index contributed by atoms with van der Waals surface area (Å²) in [4.78, 5) is 4.35. The number of nitrogens with zero attached hydrogens (tertiary/aromatic N) is 1. The summed E-state index contributed by atoms with van der Waals surface area (Å²) in [5.74, 6) is 0. The summed E-state index contributed by atoms with van der Waals surface area (Å²) in [5.41, 5.74) is 1.29. The smallest absolute Gasteiger partial charge is 0.0546 e. The molecule has 0 N–H and O–H groups in total. The summed E-state index contributed by atoms with van der Waals surface area (Å²) in [6, 6.07) is 13.9. The first-order chi connectivity index (χ1) is 9.06. The van der Waals surface area contributed by atoms with E-state index >= 15 is 0 Å². The van der Waals surface area contributed by atoms with Gasteiger partial charge in [-0.2, -0.15) is 0 Å². The van der Waals surface area contributed by atoms with Crippen LogP contribution in [0.25, 0.3) is 0 Å². The van der Waals surface area contributed by atoms with Crippen LogP contribution in [0.1, 0.15) is 5.56 Å². The molecule has 2 aromatic carbocycles. The highest BCUT2D eigenvalue weighted by Gasteiger charge is 2.08. The van der Waals surface area contributed by atoms with Gasteiger partial charge in [0.15, 0.2) is 0 Å². The van der Waals surface area contributed by atoms with Crippen molar-refractivity contribution in [2.24, 2.45) is 0 Å². The molecule has 0 aliphatic heterocycles. The predicted octanol–water partition coefficient (Wildman–Crippen LogP) is 5.21. The van der Waals surface area contributed by atoms with Crippen LogP contribution in [0.2, 0.25) is 10.0 Å². The molecule has 0 heterocycles. The number of halogens is 2. The minimum absolute atomic E-state index is 0.706. The van der Waals surface area contributed by atoms with Crippen LogP contribution in [0.5, 0.6) is 0 Å². The number of hydrogen-bond donors (Lipinski definition) is 0. The van der Waals surface area contributed by atoms with Crippen LogP contribution in [0.4, 0.5) is 0 Å². The maximum Gasteiger partial charge on any atom is 0.0546 e. The second kappa shape index (κ2) is 6.67. The fraction of sp³-hybridized carbons (Fsp3) is 0.200. The molecule has 0 atom stereocenters. The molecule has 0 saturated heterocycles. The highest BCUT2D eigenvalue weighted by Crippen LogP contribution is 2.36. The van der Waals surface area contributed by atoms with E-state index in [1.54, 1.807) is 17.8 Å². The van der Waals surface area contributed by atoms with Crippen LogP contribution >= 0.6 is 35.0 Å². The van der Waals surface area contributed by atoms with Gasteiger partial charge in [-0.25, -0.2) is 0 Å². The molecule has 19 heavy (non-hydrogen) atoms. The second-order valence-electron chi connectivity index (χ2n) is 4.52. The third-order valence-corrected chi connectivity index (χ3v) is 4.42. The van der Waals surface area contributed by atoms with Crippen molar-refractivity contribution in [3.05, 3.63) is 58.1 Å². The van der Waals surface area contributed by atoms with E-state index in [-0.39, 0.29) is 0 Å². The minimum Gasteiger partial charge on any atom is -0.305 e. The highest BCUT2D eigenvalue weighted by molar-refractivity contribution is 7.99. The van der Waals surface area contributed by atoms with Gasteiger partial charge in [0.2, 0.25) is 0 Å². The molecule has 100 valence electrons. The van der Waals surface area contributed by atoms with Gasteiger partial charge >= 0.3 is 0 Å². The quantitative estimate of drug-likeness (QED) is 0.763. The first-order valence-electron chi connectivity index (χ1n) is 5.92.